The number of hydrogen-bond donors (Lipinski definition) is 2. The van der Waals surface area contributed by atoms with E-state index < -0.39 is 17.7 Å². The van der Waals surface area contributed by atoms with Gasteiger partial charge in [-0.3, -0.25) is 9.89 Å². The molecule has 4 nitrogen and oxygen atoms in total. The van der Waals surface area contributed by atoms with E-state index in [-0.39, 0.29) is 17.4 Å². The van der Waals surface area contributed by atoms with E-state index in [4.69, 9.17) is 0 Å². The molecule has 0 saturated heterocycles. The van der Waals surface area contributed by atoms with Crippen LogP contribution in [0.3, 0.4) is 0 Å². The number of halogens is 3. The van der Waals surface area contributed by atoms with Gasteiger partial charge < -0.3 is 5.32 Å². The number of aryl methyl sites for hydroxylation is 2. The summed E-state index contributed by atoms with van der Waals surface area (Å²) in [4.78, 5) is 12.3. The van der Waals surface area contributed by atoms with E-state index in [0.717, 1.165) is 11.8 Å². The number of H-pyrrole nitrogens is 1. The van der Waals surface area contributed by atoms with Crippen molar-refractivity contribution >= 4 is 11.6 Å². The van der Waals surface area contributed by atoms with Crippen molar-refractivity contribution in [3.8, 4) is 0 Å². The number of nitrogens with zero attached hydrogens (tertiary/aromatic N) is 1. The third-order valence-corrected chi connectivity index (χ3v) is 4.17. The van der Waals surface area contributed by atoms with E-state index >= 15 is 0 Å². The van der Waals surface area contributed by atoms with Crippen molar-refractivity contribution in [1.29, 1.82) is 0 Å². The zero-order chi connectivity index (χ0) is 16.8. The number of aromatic amines is 1. The summed E-state index contributed by atoms with van der Waals surface area (Å²) >= 11 is 0. The number of alkyl halides is 3. The molecule has 0 spiro atoms. The van der Waals surface area contributed by atoms with Gasteiger partial charge in [-0.15, -0.1) is 0 Å². The number of nitrogens with one attached hydrogen (secondary N) is 2. The molecule has 1 saturated carbocycles. The van der Waals surface area contributed by atoms with Crippen molar-refractivity contribution in [2.75, 3.05) is 5.32 Å². The number of aromatic nitrogens is 2. The molecule has 122 valence electrons. The second-order valence-electron chi connectivity index (χ2n) is 5.83. The summed E-state index contributed by atoms with van der Waals surface area (Å²) in [6.07, 6.45) is -3.98. The third-order valence-electron chi connectivity index (χ3n) is 4.17. The monoisotopic (exact) mass is 323 g/mol. The first kappa shape index (κ1) is 15.6. The van der Waals surface area contributed by atoms with Gasteiger partial charge in [0.05, 0.1) is 22.6 Å². The van der Waals surface area contributed by atoms with Crippen molar-refractivity contribution in [2.24, 2.45) is 5.92 Å². The average molecular weight is 323 g/mol. The number of carbonyl (C=O) groups excluding carboxylic acids is 1. The fraction of sp³-hybridized carbons (Fsp3) is 0.375. The molecule has 1 amide bonds. The number of anilines is 1. The Morgan fingerprint density at radius 2 is 2.00 bits per heavy atom. The Morgan fingerprint density at radius 1 is 1.30 bits per heavy atom. The molecule has 0 aliphatic heterocycles. The van der Waals surface area contributed by atoms with Gasteiger partial charge in [0.2, 0.25) is 5.91 Å². The molecular weight excluding hydrogens is 307 g/mol. The number of benzene rings is 1. The molecule has 1 aliphatic carbocycles. The molecule has 1 fully saturated rings. The van der Waals surface area contributed by atoms with Crippen LogP contribution < -0.4 is 5.32 Å². The summed E-state index contributed by atoms with van der Waals surface area (Å²) in [7, 11) is 0. The van der Waals surface area contributed by atoms with Crippen LogP contribution in [-0.2, 0) is 11.0 Å². The molecule has 1 aromatic carbocycles. The smallest absolute Gasteiger partial charge is 0.323 e. The van der Waals surface area contributed by atoms with Crippen LogP contribution in [0, 0.1) is 19.8 Å². The lowest BCUT2D eigenvalue weighted by Gasteiger charge is -2.12. The van der Waals surface area contributed by atoms with Gasteiger partial charge in [0.1, 0.15) is 0 Å². The number of carbonyl (C=O) groups is 1. The Hall–Kier alpha value is -2.31. The highest BCUT2D eigenvalue weighted by Gasteiger charge is 2.48. The molecule has 1 aromatic heterocycles. The van der Waals surface area contributed by atoms with Gasteiger partial charge >= 0.3 is 6.18 Å². The van der Waals surface area contributed by atoms with Crippen LogP contribution in [0.15, 0.2) is 24.3 Å². The summed E-state index contributed by atoms with van der Waals surface area (Å²) in [5.41, 5.74) is 1.52. The van der Waals surface area contributed by atoms with E-state index in [1.807, 2.05) is 0 Å². The largest absolute Gasteiger partial charge is 0.416 e. The molecule has 23 heavy (non-hydrogen) atoms. The highest BCUT2D eigenvalue weighted by molar-refractivity contribution is 5.96. The Bertz CT molecular complexity index is 732. The molecule has 2 N–H and O–H groups in total. The van der Waals surface area contributed by atoms with E-state index in [9.17, 15) is 18.0 Å². The zero-order valence-electron chi connectivity index (χ0n) is 12.7. The van der Waals surface area contributed by atoms with Crippen LogP contribution in [-0.4, -0.2) is 16.1 Å². The lowest BCUT2D eigenvalue weighted by Crippen LogP contribution is -2.16. The molecule has 2 atom stereocenters. The Morgan fingerprint density at radius 3 is 2.61 bits per heavy atom. The van der Waals surface area contributed by atoms with Gasteiger partial charge in [0, 0.05) is 5.92 Å². The molecule has 1 heterocycles. The van der Waals surface area contributed by atoms with Gasteiger partial charge in [0.15, 0.2) is 0 Å². The van der Waals surface area contributed by atoms with Crippen molar-refractivity contribution in [1.82, 2.24) is 10.2 Å². The lowest BCUT2D eigenvalue weighted by molar-refractivity contribution is -0.138. The van der Waals surface area contributed by atoms with Gasteiger partial charge in [-0.25, -0.2) is 0 Å². The predicted molar refractivity (Wildman–Crippen MR) is 79.0 cm³/mol. The maximum atomic E-state index is 13.1. The molecule has 3 rings (SSSR count). The van der Waals surface area contributed by atoms with E-state index in [2.05, 4.69) is 15.5 Å². The fourth-order valence-electron chi connectivity index (χ4n) is 2.86. The molecule has 0 radical (unpaired) electrons. The predicted octanol–water partition coefficient (Wildman–Crippen LogP) is 3.79. The first-order valence-electron chi connectivity index (χ1n) is 7.27. The molecular formula is C16H16F3N3O. The molecule has 7 heteroatoms. The Balaban J connectivity index is 1.77. The van der Waals surface area contributed by atoms with Crippen molar-refractivity contribution in [2.45, 2.75) is 32.4 Å². The van der Waals surface area contributed by atoms with Crippen LogP contribution in [0.2, 0.25) is 0 Å². The lowest BCUT2D eigenvalue weighted by atomic mass is 10.0. The number of hydrogen-bond acceptors (Lipinski definition) is 2. The quantitative estimate of drug-likeness (QED) is 0.903. The maximum absolute atomic E-state index is 13.1. The van der Waals surface area contributed by atoms with E-state index in [1.54, 1.807) is 19.9 Å². The fourth-order valence-corrected chi connectivity index (χ4v) is 2.86. The third kappa shape index (κ3) is 2.95. The summed E-state index contributed by atoms with van der Waals surface area (Å²) in [6, 6.07) is 5.45. The first-order valence-corrected chi connectivity index (χ1v) is 7.27. The van der Waals surface area contributed by atoms with Gasteiger partial charge in [-0.05, 0) is 37.8 Å². The van der Waals surface area contributed by atoms with E-state index in [1.165, 1.54) is 12.1 Å². The summed E-state index contributed by atoms with van der Waals surface area (Å²) in [5, 5.41) is 9.51. The zero-order valence-corrected chi connectivity index (χ0v) is 12.7. The Labute approximate surface area is 131 Å². The van der Waals surface area contributed by atoms with Gasteiger partial charge in [-0.1, -0.05) is 18.2 Å². The van der Waals surface area contributed by atoms with E-state index in [0.29, 0.717) is 17.8 Å². The van der Waals surface area contributed by atoms with Crippen molar-refractivity contribution in [3.05, 3.63) is 46.8 Å². The van der Waals surface area contributed by atoms with Crippen LogP contribution >= 0.6 is 0 Å². The molecule has 0 unspecified atom stereocenters. The Kier molecular flexibility index (Phi) is 3.66. The summed E-state index contributed by atoms with van der Waals surface area (Å²) in [6.45, 7) is 3.53. The van der Waals surface area contributed by atoms with Gasteiger partial charge in [0.25, 0.3) is 0 Å². The minimum absolute atomic E-state index is 0.195. The summed E-state index contributed by atoms with van der Waals surface area (Å²) in [5.74, 6) is -1.09. The average Bonchev–Trinajstić information content (AvgIpc) is 3.23. The minimum atomic E-state index is -4.40. The van der Waals surface area contributed by atoms with Crippen LogP contribution in [0.5, 0.6) is 0 Å². The maximum Gasteiger partial charge on any atom is 0.416 e. The number of rotatable bonds is 3. The second-order valence-corrected chi connectivity index (χ2v) is 5.83. The normalized spacial score (nSPS) is 20.4. The van der Waals surface area contributed by atoms with Crippen LogP contribution in [0.4, 0.5) is 18.9 Å². The number of amides is 1. The van der Waals surface area contributed by atoms with Gasteiger partial charge in [-0.2, -0.15) is 18.3 Å². The van der Waals surface area contributed by atoms with Crippen molar-refractivity contribution in [3.63, 3.8) is 0 Å². The summed E-state index contributed by atoms with van der Waals surface area (Å²) < 4.78 is 39.2. The highest BCUT2D eigenvalue weighted by atomic mass is 19.4. The van der Waals surface area contributed by atoms with Crippen LogP contribution in [0.25, 0.3) is 0 Å². The molecule has 1 aliphatic rings. The molecule has 2 aromatic rings. The SMILES string of the molecule is Cc1n[nH]c(C)c1NC(=O)[C@@H]1C[C@H]1c1ccccc1C(F)(F)F. The highest BCUT2D eigenvalue weighted by Crippen LogP contribution is 2.51. The van der Waals surface area contributed by atoms with Crippen molar-refractivity contribution < 1.29 is 18.0 Å². The standard InChI is InChI=1S/C16H16F3N3O/c1-8-14(9(2)22-21-8)20-15(23)12-7-11(12)10-5-3-4-6-13(10)16(17,18)19/h3-6,11-12H,7H2,1-2H3,(H,20,23)(H,21,22)/t11-,12+/m0/s1. The topological polar surface area (TPSA) is 57.8 Å². The molecule has 0 bridgehead atoms. The second kappa shape index (κ2) is 5.40. The van der Waals surface area contributed by atoms with Crippen LogP contribution in [0.1, 0.15) is 34.9 Å². The first-order chi connectivity index (χ1) is 10.8. The minimum Gasteiger partial charge on any atom is -0.323 e.